The van der Waals surface area contributed by atoms with Crippen LogP contribution in [-0.2, 0) is 6.42 Å². The van der Waals surface area contributed by atoms with Crippen LogP contribution in [0.5, 0.6) is 0 Å². The van der Waals surface area contributed by atoms with Gasteiger partial charge < -0.3 is 18.9 Å². The van der Waals surface area contributed by atoms with Gasteiger partial charge in [-0.3, -0.25) is 0 Å². The maximum Gasteiger partial charge on any atom is 0.0991 e. The first-order valence-corrected chi connectivity index (χ1v) is 24.8. The highest BCUT2D eigenvalue weighted by atomic mass is 15.2. The van der Waals surface area contributed by atoms with E-state index in [4.69, 9.17) is 0 Å². The molecule has 0 amide bonds. The summed E-state index contributed by atoms with van der Waals surface area (Å²) in [6.45, 7) is 6.85. The molecule has 0 spiro atoms. The molecule has 71 heavy (non-hydrogen) atoms. The molecular formula is C65H52N6. The van der Waals surface area contributed by atoms with Crippen LogP contribution in [0.15, 0.2) is 218 Å². The van der Waals surface area contributed by atoms with Crippen LogP contribution in [0, 0.1) is 40.4 Å². The van der Waals surface area contributed by atoms with Crippen LogP contribution in [0.4, 0.5) is 22.7 Å². The molecular weight excluding hydrogens is 865 g/mol. The van der Waals surface area contributed by atoms with Gasteiger partial charge in [0.15, 0.2) is 0 Å². The van der Waals surface area contributed by atoms with E-state index in [0.29, 0.717) is 17.1 Å². The lowest BCUT2D eigenvalue weighted by Crippen LogP contribution is -2.41. The number of hydrogen-bond acceptors (Lipinski definition) is 4. The van der Waals surface area contributed by atoms with Gasteiger partial charge in [0.2, 0.25) is 0 Å². The summed E-state index contributed by atoms with van der Waals surface area (Å²) in [5.41, 5.74) is 17.5. The van der Waals surface area contributed by atoms with Gasteiger partial charge in [-0.05, 0) is 145 Å². The quantitative estimate of drug-likeness (QED) is 0.145. The Morgan fingerprint density at radius 1 is 0.563 bits per heavy atom. The van der Waals surface area contributed by atoms with Gasteiger partial charge in [0.25, 0.3) is 0 Å². The smallest absolute Gasteiger partial charge is 0.0991 e. The molecule has 0 saturated carbocycles. The van der Waals surface area contributed by atoms with Gasteiger partial charge in [-0.15, -0.1) is 0 Å². The van der Waals surface area contributed by atoms with E-state index in [2.05, 4.69) is 234 Å². The molecule has 4 atom stereocenters. The SMILES string of the molecule is CC1C=C(n2c3ccccc3c3cc(N(c4ccc(C#N)cc4)c4ccc(-c5ccc(N(C6=Cc7c(n(-c8ccccc8)c8ccccc78)CC6C)C6C=CC(C#N)=CC6C)cc5)cc4)ccc32)C=CC1. The summed E-state index contributed by atoms with van der Waals surface area (Å²) < 4.78 is 4.84. The fraction of sp³-hybridized carbons (Fsp3) is 0.138. The lowest BCUT2D eigenvalue weighted by molar-refractivity contribution is 0.542. The molecule has 3 aliphatic rings. The van der Waals surface area contributed by atoms with Crippen LogP contribution in [-0.4, -0.2) is 15.2 Å². The molecule has 6 heteroatoms. The summed E-state index contributed by atoms with van der Waals surface area (Å²) in [6, 6.07) is 65.3. The number of aromatic nitrogens is 2. The average molecular weight is 917 g/mol. The fourth-order valence-electron chi connectivity index (χ4n) is 11.3. The molecule has 2 aromatic heterocycles. The Bertz CT molecular complexity index is 3770. The zero-order valence-electron chi connectivity index (χ0n) is 40.1. The molecule has 4 unspecified atom stereocenters. The molecule has 0 saturated heterocycles. The number of nitriles is 2. The molecule has 0 aliphatic heterocycles. The molecule has 0 radical (unpaired) electrons. The van der Waals surface area contributed by atoms with Gasteiger partial charge in [0, 0.05) is 78.7 Å². The highest BCUT2D eigenvalue weighted by Gasteiger charge is 2.34. The van der Waals surface area contributed by atoms with Crippen LogP contribution >= 0.6 is 0 Å². The Hall–Kier alpha value is -8.84. The van der Waals surface area contributed by atoms with Crippen molar-refractivity contribution in [3.63, 3.8) is 0 Å². The van der Waals surface area contributed by atoms with E-state index >= 15 is 0 Å². The third kappa shape index (κ3) is 7.66. The van der Waals surface area contributed by atoms with Crippen molar-refractivity contribution in [1.29, 1.82) is 10.5 Å². The van der Waals surface area contributed by atoms with Crippen LogP contribution < -0.4 is 9.80 Å². The number of rotatable bonds is 9. The van der Waals surface area contributed by atoms with Crippen LogP contribution in [0.1, 0.15) is 44.0 Å². The molecule has 7 aromatic carbocycles. The second-order valence-electron chi connectivity index (χ2n) is 19.4. The number of nitrogens with zero attached hydrogens (tertiary/aromatic N) is 6. The summed E-state index contributed by atoms with van der Waals surface area (Å²) in [6.07, 6.45) is 17.6. The second kappa shape index (κ2) is 17.9. The minimum atomic E-state index is 0.0174. The first-order chi connectivity index (χ1) is 34.8. The van der Waals surface area contributed by atoms with E-state index in [-0.39, 0.29) is 17.9 Å². The topological polar surface area (TPSA) is 63.9 Å². The number of para-hydroxylation sites is 3. The number of hydrogen-bond donors (Lipinski definition) is 0. The van der Waals surface area contributed by atoms with Crippen molar-refractivity contribution in [2.45, 2.75) is 39.7 Å². The molecule has 3 aliphatic carbocycles. The maximum atomic E-state index is 9.88. The normalized spacial score (nSPS) is 18.4. The van der Waals surface area contributed by atoms with Crippen molar-refractivity contribution in [2.75, 3.05) is 9.80 Å². The van der Waals surface area contributed by atoms with Crippen molar-refractivity contribution in [3.05, 3.63) is 234 Å². The van der Waals surface area contributed by atoms with E-state index in [0.717, 1.165) is 46.7 Å². The van der Waals surface area contributed by atoms with E-state index in [9.17, 15) is 10.5 Å². The summed E-state index contributed by atoms with van der Waals surface area (Å²) in [5, 5.41) is 23.2. The molecule has 9 aromatic rings. The van der Waals surface area contributed by atoms with Crippen molar-refractivity contribution < 1.29 is 0 Å². The molecule has 0 bridgehead atoms. The van der Waals surface area contributed by atoms with Gasteiger partial charge in [-0.2, -0.15) is 10.5 Å². The minimum Gasteiger partial charge on any atom is -0.337 e. The van der Waals surface area contributed by atoms with Gasteiger partial charge in [-0.1, -0.05) is 124 Å². The molecule has 0 N–H and O–H groups in total. The van der Waals surface area contributed by atoms with Gasteiger partial charge in [0.05, 0.1) is 40.3 Å². The predicted octanol–water partition coefficient (Wildman–Crippen LogP) is 16.2. The molecule has 2 heterocycles. The first-order valence-electron chi connectivity index (χ1n) is 24.8. The molecule has 6 nitrogen and oxygen atoms in total. The predicted molar refractivity (Wildman–Crippen MR) is 294 cm³/mol. The molecule has 0 fully saturated rings. The Labute approximate surface area is 415 Å². The van der Waals surface area contributed by atoms with E-state index < -0.39 is 0 Å². The third-order valence-corrected chi connectivity index (χ3v) is 14.8. The lowest BCUT2D eigenvalue weighted by Gasteiger charge is -2.41. The highest BCUT2D eigenvalue weighted by Crippen LogP contribution is 2.44. The summed E-state index contributed by atoms with van der Waals surface area (Å²) in [7, 11) is 0. The highest BCUT2D eigenvalue weighted by molar-refractivity contribution is 6.12. The van der Waals surface area contributed by atoms with Gasteiger partial charge >= 0.3 is 0 Å². The number of allylic oxidation sites excluding steroid dienone is 7. The third-order valence-electron chi connectivity index (χ3n) is 14.8. The van der Waals surface area contributed by atoms with Crippen molar-refractivity contribution in [2.24, 2.45) is 17.8 Å². The van der Waals surface area contributed by atoms with Crippen molar-refractivity contribution in [3.8, 4) is 29.0 Å². The Morgan fingerprint density at radius 3 is 1.86 bits per heavy atom. The minimum absolute atomic E-state index is 0.0174. The average Bonchev–Trinajstić information content (AvgIpc) is 3.92. The van der Waals surface area contributed by atoms with Gasteiger partial charge in [-0.25, -0.2) is 0 Å². The summed E-state index contributed by atoms with van der Waals surface area (Å²) in [4.78, 5) is 4.81. The Balaban J connectivity index is 0.914. The van der Waals surface area contributed by atoms with Crippen LogP contribution in [0.25, 0.3) is 61.3 Å². The number of fused-ring (bicyclic) bond motifs is 6. The van der Waals surface area contributed by atoms with Crippen molar-refractivity contribution >= 4 is 67.2 Å². The molecule has 12 rings (SSSR count). The largest absolute Gasteiger partial charge is 0.337 e. The standard InChI is InChI=1S/C65H52N6/c1-43-12-11-15-54(36-43)71-62-19-10-7-16-56(62)58-39-55(33-35-63(58)71)68(51-27-20-46(41-66)21-28-51)52-29-23-48(24-30-52)49-25-31-53(32-26-49)69(60-34-22-47(42-67)37-44(60)2)64-40-59-57-17-8-9-18-61(57)70(65(59)38-45(64)3)50-13-5-4-6-14-50/h4-11,13-37,39-40,43-45,60H,12,38H2,1-3H3. The number of benzene rings is 7. The summed E-state index contributed by atoms with van der Waals surface area (Å²) >= 11 is 0. The van der Waals surface area contributed by atoms with E-state index in [1.54, 1.807) is 0 Å². The second-order valence-corrected chi connectivity index (χ2v) is 19.4. The van der Waals surface area contributed by atoms with Gasteiger partial charge in [0.1, 0.15) is 0 Å². The van der Waals surface area contributed by atoms with Crippen LogP contribution in [0.3, 0.4) is 0 Å². The Kier molecular flexibility index (Phi) is 11.0. The fourth-order valence-corrected chi connectivity index (χ4v) is 11.3. The monoisotopic (exact) mass is 916 g/mol. The lowest BCUT2D eigenvalue weighted by atomic mass is 9.86. The van der Waals surface area contributed by atoms with E-state index in [1.807, 2.05) is 30.3 Å². The number of anilines is 4. The first kappa shape index (κ1) is 43.4. The maximum absolute atomic E-state index is 9.88. The van der Waals surface area contributed by atoms with Crippen molar-refractivity contribution in [1.82, 2.24) is 9.13 Å². The summed E-state index contributed by atoms with van der Waals surface area (Å²) in [5.74, 6) is 0.800. The Morgan fingerprint density at radius 2 is 1.18 bits per heavy atom. The van der Waals surface area contributed by atoms with Crippen LogP contribution in [0.2, 0.25) is 0 Å². The zero-order chi connectivity index (χ0) is 48.2. The molecule has 342 valence electrons. The zero-order valence-corrected chi connectivity index (χ0v) is 40.1. The van der Waals surface area contributed by atoms with E-state index in [1.165, 1.54) is 61.0 Å².